The number of hydrogen-bond donors (Lipinski definition) is 0. The van der Waals surface area contributed by atoms with Crippen LogP contribution in [0.4, 0.5) is 0 Å². The van der Waals surface area contributed by atoms with Crippen LogP contribution < -0.4 is 0 Å². The Morgan fingerprint density at radius 2 is 1.06 bits per heavy atom. The third kappa shape index (κ3) is 8.29. The summed E-state index contributed by atoms with van der Waals surface area (Å²) in [4.78, 5) is 9.80. The zero-order valence-electron chi connectivity index (χ0n) is 23.4. The molecule has 0 amide bonds. The van der Waals surface area contributed by atoms with Gasteiger partial charge in [-0.3, -0.25) is 0 Å². The van der Waals surface area contributed by atoms with Crippen LogP contribution in [0.5, 0.6) is 0 Å². The molecule has 0 N–H and O–H groups in total. The van der Waals surface area contributed by atoms with E-state index >= 15 is 0 Å². The predicted molar refractivity (Wildman–Crippen MR) is 150 cm³/mol. The molecule has 0 unspecified atom stereocenters. The average molecular weight is 481 g/mol. The number of rotatable bonds is 12. The van der Waals surface area contributed by atoms with Crippen LogP contribution in [0.15, 0.2) is 12.4 Å². The van der Waals surface area contributed by atoms with Crippen LogP contribution in [0.25, 0.3) is 0 Å². The monoisotopic (exact) mass is 480 g/mol. The fraction of sp³-hybridized carbons (Fsp3) is 0.879. The molecule has 35 heavy (non-hydrogen) atoms. The van der Waals surface area contributed by atoms with E-state index in [-0.39, 0.29) is 0 Å². The molecule has 3 aliphatic rings. The van der Waals surface area contributed by atoms with E-state index in [0.29, 0.717) is 11.8 Å². The molecule has 0 aromatic carbocycles. The molecular formula is C33H56N2. The quantitative estimate of drug-likeness (QED) is 0.278. The Morgan fingerprint density at radius 1 is 0.543 bits per heavy atom. The third-order valence-corrected chi connectivity index (χ3v) is 10.4. The SMILES string of the molecule is CCCCCCCC[C@H]1CC[C@H]([C@H]2CC[C@H](c3cnc([C@H]4CC[C@H](CCC)CC4)nc3)CC2)CC1. The normalized spacial score (nSPS) is 31.9. The van der Waals surface area contributed by atoms with Crippen LogP contribution >= 0.6 is 0 Å². The van der Waals surface area contributed by atoms with Gasteiger partial charge < -0.3 is 0 Å². The summed E-state index contributed by atoms with van der Waals surface area (Å²) in [5.74, 6) is 6.49. The molecular weight excluding hydrogens is 424 g/mol. The molecule has 0 bridgehead atoms. The molecule has 1 aromatic heterocycles. The van der Waals surface area contributed by atoms with E-state index in [4.69, 9.17) is 9.97 Å². The Kier molecular flexibility index (Phi) is 11.4. The first-order valence-corrected chi connectivity index (χ1v) is 16.1. The molecule has 0 radical (unpaired) electrons. The van der Waals surface area contributed by atoms with Gasteiger partial charge in [-0.05, 0) is 99.4 Å². The summed E-state index contributed by atoms with van der Waals surface area (Å²) in [7, 11) is 0. The van der Waals surface area contributed by atoms with Gasteiger partial charge in [-0.25, -0.2) is 9.97 Å². The molecule has 0 aliphatic heterocycles. The Labute approximate surface area is 217 Å². The van der Waals surface area contributed by atoms with E-state index in [1.807, 2.05) is 0 Å². The zero-order chi connectivity index (χ0) is 24.3. The standard InChI is InChI=1S/C33H56N2/c1-3-5-6-7-8-9-11-27-12-16-28(17-13-27)29-20-22-30(23-21-29)32-24-34-33(35-25-32)31-18-14-26(10-4-2)15-19-31/h24-31H,3-23H2,1-2H3/t26-,27-,28-,29-,30-,31-. The molecule has 3 aliphatic carbocycles. The van der Waals surface area contributed by atoms with Crippen LogP contribution in [0.3, 0.4) is 0 Å². The molecule has 3 saturated carbocycles. The van der Waals surface area contributed by atoms with Crippen molar-refractivity contribution in [2.75, 3.05) is 0 Å². The molecule has 3 fully saturated rings. The topological polar surface area (TPSA) is 25.8 Å². The molecule has 0 spiro atoms. The van der Waals surface area contributed by atoms with Crippen LogP contribution in [0.2, 0.25) is 0 Å². The minimum Gasteiger partial charge on any atom is -0.241 e. The van der Waals surface area contributed by atoms with Gasteiger partial charge in [-0.2, -0.15) is 0 Å². The van der Waals surface area contributed by atoms with Crippen molar-refractivity contribution in [2.24, 2.45) is 23.7 Å². The van der Waals surface area contributed by atoms with E-state index in [1.165, 1.54) is 140 Å². The van der Waals surface area contributed by atoms with Crippen molar-refractivity contribution in [3.8, 4) is 0 Å². The molecule has 1 aromatic rings. The Morgan fingerprint density at radius 3 is 1.69 bits per heavy atom. The van der Waals surface area contributed by atoms with Crippen molar-refractivity contribution >= 4 is 0 Å². The van der Waals surface area contributed by atoms with Crippen molar-refractivity contribution in [1.82, 2.24) is 9.97 Å². The summed E-state index contributed by atoms with van der Waals surface area (Å²) in [6, 6.07) is 0. The lowest BCUT2D eigenvalue weighted by Crippen LogP contribution is -2.25. The summed E-state index contributed by atoms with van der Waals surface area (Å²) in [6.07, 6.45) is 34.5. The van der Waals surface area contributed by atoms with E-state index < -0.39 is 0 Å². The molecule has 1 heterocycles. The lowest BCUT2D eigenvalue weighted by atomic mass is 9.68. The lowest BCUT2D eigenvalue weighted by molar-refractivity contribution is 0.155. The summed E-state index contributed by atoms with van der Waals surface area (Å²) in [5, 5.41) is 0. The van der Waals surface area contributed by atoms with Crippen molar-refractivity contribution in [3.63, 3.8) is 0 Å². The zero-order valence-corrected chi connectivity index (χ0v) is 23.4. The van der Waals surface area contributed by atoms with Gasteiger partial charge >= 0.3 is 0 Å². The average Bonchev–Trinajstić information content (AvgIpc) is 2.92. The van der Waals surface area contributed by atoms with Crippen LogP contribution in [-0.4, -0.2) is 9.97 Å². The summed E-state index contributed by atoms with van der Waals surface area (Å²) in [5.41, 5.74) is 1.43. The summed E-state index contributed by atoms with van der Waals surface area (Å²) in [6.45, 7) is 4.64. The van der Waals surface area contributed by atoms with Crippen LogP contribution in [0, 0.1) is 23.7 Å². The highest BCUT2D eigenvalue weighted by atomic mass is 14.9. The minimum absolute atomic E-state index is 0.615. The van der Waals surface area contributed by atoms with E-state index in [0.717, 1.165) is 29.5 Å². The van der Waals surface area contributed by atoms with Gasteiger partial charge in [0.05, 0.1) is 0 Å². The number of unbranched alkanes of at least 4 members (excludes halogenated alkanes) is 5. The van der Waals surface area contributed by atoms with Gasteiger partial charge in [0.2, 0.25) is 0 Å². The van der Waals surface area contributed by atoms with Gasteiger partial charge in [0, 0.05) is 18.3 Å². The lowest BCUT2D eigenvalue weighted by Gasteiger charge is -2.38. The van der Waals surface area contributed by atoms with Crippen molar-refractivity contribution in [3.05, 3.63) is 23.8 Å². The second-order valence-electron chi connectivity index (χ2n) is 12.8. The van der Waals surface area contributed by atoms with Crippen LogP contribution in [-0.2, 0) is 0 Å². The highest BCUT2D eigenvalue weighted by Gasteiger charge is 2.31. The first-order chi connectivity index (χ1) is 17.3. The van der Waals surface area contributed by atoms with Gasteiger partial charge in [0.25, 0.3) is 0 Å². The molecule has 0 atom stereocenters. The smallest absolute Gasteiger partial charge is 0.131 e. The number of nitrogens with zero attached hydrogens (tertiary/aromatic N) is 2. The van der Waals surface area contributed by atoms with E-state index in [2.05, 4.69) is 26.2 Å². The van der Waals surface area contributed by atoms with E-state index in [1.54, 1.807) is 0 Å². The van der Waals surface area contributed by atoms with E-state index in [9.17, 15) is 0 Å². The molecule has 2 heteroatoms. The van der Waals surface area contributed by atoms with Crippen LogP contribution in [0.1, 0.15) is 172 Å². The second kappa shape index (κ2) is 14.7. The maximum atomic E-state index is 4.90. The summed E-state index contributed by atoms with van der Waals surface area (Å²) >= 11 is 0. The number of hydrogen-bond acceptors (Lipinski definition) is 2. The maximum Gasteiger partial charge on any atom is 0.131 e. The fourth-order valence-electron chi connectivity index (χ4n) is 7.97. The van der Waals surface area contributed by atoms with Gasteiger partial charge in [-0.15, -0.1) is 0 Å². The first kappa shape index (κ1) is 27.1. The number of aromatic nitrogens is 2. The minimum atomic E-state index is 0.615. The molecule has 0 saturated heterocycles. The first-order valence-electron chi connectivity index (χ1n) is 16.1. The fourth-order valence-corrected chi connectivity index (χ4v) is 7.97. The molecule has 198 valence electrons. The Bertz CT molecular complexity index is 674. The van der Waals surface area contributed by atoms with Gasteiger partial charge in [0.15, 0.2) is 0 Å². The highest BCUT2D eigenvalue weighted by Crippen LogP contribution is 2.44. The molecule has 2 nitrogen and oxygen atoms in total. The van der Waals surface area contributed by atoms with Crippen molar-refractivity contribution < 1.29 is 0 Å². The third-order valence-electron chi connectivity index (χ3n) is 10.4. The van der Waals surface area contributed by atoms with Crippen molar-refractivity contribution in [2.45, 2.75) is 161 Å². The predicted octanol–water partition coefficient (Wildman–Crippen LogP) is 10.4. The largest absolute Gasteiger partial charge is 0.241 e. The Hall–Kier alpha value is -0.920. The highest BCUT2D eigenvalue weighted by molar-refractivity contribution is 5.14. The summed E-state index contributed by atoms with van der Waals surface area (Å²) < 4.78 is 0. The van der Waals surface area contributed by atoms with Gasteiger partial charge in [0.1, 0.15) is 5.82 Å². The second-order valence-corrected chi connectivity index (χ2v) is 12.8. The Balaban J connectivity index is 1.13. The molecule has 4 rings (SSSR count). The maximum absolute atomic E-state index is 4.90. The van der Waals surface area contributed by atoms with Gasteiger partial charge in [-0.1, -0.05) is 84.5 Å². The van der Waals surface area contributed by atoms with Crippen molar-refractivity contribution in [1.29, 1.82) is 0 Å².